The summed E-state index contributed by atoms with van der Waals surface area (Å²) in [7, 11) is 5.90. The Hall–Kier alpha value is -5.90. The highest BCUT2D eigenvalue weighted by molar-refractivity contribution is 7.22. The molecular formula is C48H45N7O4S3. The molecule has 11 nitrogen and oxygen atoms in total. The molecule has 0 radical (unpaired) electrons. The minimum absolute atomic E-state index is 0.0215. The van der Waals surface area contributed by atoms with Crippen molar-refractivity contribution < 1.29 is 4.74 Å². The average Bonchev–Trinajstić information content (AvgIpc) is 3.26. The molecule has 14 heteroatoms. The second kappa shape index (κ2) is 18.2. The Kier molecular flexibility index (Phi) is 12.2. The summed E-state index contributed by atoms with van der Waals surface area (Å²) in [6.45, 7) is 8.10. The largest absolute Gasteiger partial charge is 0.383 e. The number of methoxy groups -OCH3 is 1. The summed E-state index contributed by atoms with van der Waals surface area (Å²) in [5, 5.41) is 0. The van der Waals surface area contributed by atoms with Crippen molar-refractivity contribution in [3.8, 4) is 31.7 Å². The number of rotatable bonds is 6. The molecule has 5 heterocycles. The third kappa shape index (κ3) is 9.30. The quantitative estimate of drug-likeness (QED) is 0.150. The summed E-state index contributed by atoms with van der Waals surface area (Å²) in [6.07, 6.45) is 1.27. The summed E-state index contributed by atoms with van der Waals surface area (Å²) >= 11 is 4.89. The van der Waals surface area contributed by atoms with Gasteiger partial charge in [-0.05, 0) is 104 Å². The summed E-state index contributed by atoms with van der Waals surface area (Å²) in [6, 6.07) is 34.1. The number of benzene rings is 6. The lowest BCUT2D eigenvalue weighted by molar-refractivity contribution is 0.206. The number of hydrogen-bond donors (Lipinski definition) is 0. The molecule has 0 spiro atoms. The molecule has 11 rings (SSSR count). The standard InChI is InChI=1S/C17H17N3OS.C16H16N2O2S.C15H12N2OS/c1-19-6-8-20(9-7-19)12-2-4-14-16(10-12)22-17-11-13(21)3-5-15(17)18-14;1-18(7-8-20-2)11-3-5-13-15(9-11)21-16-10-12(19)4-6-14(16)17-13;18-11-3-5-13-15(9-11)19-14-8-10(17-6-1-7-17)2-4-12(14)16-13/h2-5,10-11H,6-9H2,1H3;3-6,9-10H,7-8H2,1-2H3;2-5,8-9H,1,6-7H2. The fourth-order valence-electron chi connectivity index (χ4n) is 7.41. The number of hydrogen-bond acceptors (Lipinski definition) is 14. The summed E-state index contributed by atoms with van der Waals surface area (Å²) in [5.41, 5.74) is 9.34. The molecule has 0 aromatic heterocycles. The van der Waals surface area contributed by atoms with E-state index in [1.165, 1.54) is 17.8 Å². The first-order valence-corrected chi connectivity index (χ1v) is 23.0. The topological polar surface area (TPSA) is 112 Å². The summed E-state index contributed by atoms with van der Waals surface area (Å²) in [4.78, 5) is 60.4. The van der Waals surface area contributed by atoms with Gasteiger partial charge in [-0.25, -0.2) is 15.0 Å². The summed E-state index contributed by atoms with van der Waals surface area (Å²) in [5.74, 6) is 0. The number of fused-ring (bicyclic) bond motifs is 6. The van der Waals surface area contributed by atoms with Gasteiger partial charge in [-0.2, -0.15) is 0 Å². The highest BCUT2D eigenvalue weighted by Crippen LogP contribution is 2.35. The zero-order chi connectivity index (χ0) is 42.7. The Morgan fingerprint density at radius 1 is 0.548 bits per heavy atom. The predicted molar refractivity (Wildman–Crippen MR) is 259 cm³/mol. The van der Waals surface area contributed by atoms with Gasteiger partial charge in [-0.3, -0.25) is 14.4 Å². The Morgan fingerprint density at radius 2 is 0.984 bits per heavy atom. The van der Waals surface area contributed by atoms with Gasteiger partial charge in [-0.1, -0.05) is 0 Å². The smallest absolute Gasteiger partial charge is 0.180 e. The van der Waals surface area contributed by atoms with Crippen LogP contribution in [-0.2, 0) is 4.74 Å². The summed E-state index contributed by atoms with van der Waals surface area (Å²) < 4.78 is 8.46. The maximum absolute atomic E-state index is 11.5. The van der Waals surface area contributed by atoms with Crippen molar-refractivity contribution in [3.63, 3.8) is 0 Å². The van der Waals surface area contributed by atoms with E-state index in [-0.39, 0.29) is 16.3 Å². The highest BCUT2D eigenvalue weighted by Gasteiger charge is 2.17. The number of piperazine rings is 1. The normalized spacial score (nSPS) is 14.2. The lowest BCUT2D eigenvalue weighted by atomic mass is 10.1. The lowest BCUT2D eigenvalue weighted by Gasteiger charge is -2.34. The van der Waals surface area contributed by atoms with Gasteiger partial charge in [0.25, 0.3) is 0 Å². The first kappa shape index (κ1) is 41.5. The van der Waals surface area contributed by atoms with Crippen LogP contribution in [0.1, 0.15) is 6.42 Å². The van der Waals surface area contributed by atoms with Crippen molar-refractivity contribution in [2.75, 3.05) is 88.3 Å². The third-order valence-corrected chi connectivity index (χ3v) is 14.4. The molecule has 0 N–H and O–H groups in total. The first-order chi connectivity index (χ1) is 30.1. The number of ether oxygens (including phenoxy) is 1. The van der Waals surface area contributed by atoms with Crippen LogP contribution in [-0.4, -0.2) is 93.5 Å². The van der Waals surface area contributed by atoms with Crippen LogP contribution >= 0.6 is 34.0 Å². The van der Waals surface area contributed by atoms with Gasteiger partial charge in [-0.15, -0.1) is 34.0 Å². The maximum Gasteiger partial charge on any atom is 0.180 e. The van der Waals surface area contributed by atoms with Crippen LogP contribution in [0.2, 0.25) is 0 Å². The molecule has 0 amide bonds. The van der Waals surface area contributed by atoms with E-state index in [2.05, 4.69) is 90.1 Å². The van der Waals surface area contributed by atoms with Crippen molar-refractivity contribution in [1.82, 2.24) is 19.9 Å². The van der Waals surface area contributed by atoms with Gasteiger partial charge >= 0.3 is 0 Å². The molecule has 5 aliphatic heterocycles. The second-order valence-electron chi connectivity index (χ2n) is 15.5. The van der Waals surface area contributed by atoms with E-state index >= 15 is 0 Å². The molecule has 8 aliphatic rings. The van der Waals surface area contributed by atoms with Gasteiger partial charge in [0, 0.05) is 95.2 Å². The van der Waals surface area contributed by atoms with Crippen molar-refractivity contribution >= 4 is 81.7 Å². The van der Waals surface area contributed by atoms with Gasteiger partial charge < -0.3 is 24.3 Å². The van der Waals surface area contributed by atoms with Gasteiger partial charge in [0.2, 0.25) is 0 Å². The maximum atomic E-state index is 11.5. The molecule has 314 valence electrons. The molecule has 0 bridgehead atoms. The van der Waals surface area contributed by atoms with Crippen LogP contribution in [0.3, 0.4) is 0 Å². The van der Waals surface area contributed by atoms with Crippen LogP contribution in [0.4, 0.5) is 17.1 Å². The predicted octanol–water partition coefficient (Wildman–Crippen LogP) is 8.33. The minimum atomic E-state index is 0.0215. The fourth-order valence-corrected chi connectivity index (χ4v) is 10.5. The Balaban J connectivity index is 0.000000119. The van der Waals surface area contributed by atoms with Crippen molar-refractivity contribution in [2.45, 2.75) is 6.42 Å². The number of anilines is 3. The van der Waals surface area contributed by atoms with Crippen LogP contribution in [0.25, 0.3) is 62.4 Å². The van der Waals surface area contributed by atoms with E-state index in [4.69, 9.17) is 4.74 Å². The van der Waals surface area contributed by atoms with E-state index < -0.39 is 0 Å². The molecule has 2 fully saturated rings. The van der Waals surface area contributed by atoms with E-state index in [1.807, 2.05) is 19.2 Å². The van der Waals surface area contributed by atoms with E-state index in [9.17, 15) is 14.4 Å². The van der Waals surface area contributed by atoms with E-state index in [0.29, 0.717) is 6.61 Å². The van der Waals surface area contributed by atoms with E-state index in [1.54, 1.807) is 89.7 Å². The van der Waals surface area contributed by atoms with Crippen molar-refractivity contribution in [3.05, 3.63) is 140 Å². The van der Waals surface area contributed by atoms with E-state index in [0.717, 1.165) is 114 Å². The zero-order valence-corrected chi connectivity index (χ0v) is 37.2. The molecular weight excluding hydrogens is 835 g/mol. The monoisotopic (exact) mass is 879 g/mol. The Bertz CT molecular complexity index is 3100. The van der Waals surface area contributed by atoms with Crippen LogP contribution in [0, 0.1) is 0 Å². The van der Waals surface area contributed by atoms with Crippen LogP contribution in [0.15, 0.2) is 124 Å². The SMILES string of the molecule is CN1CCN(c2ccc3nc4ccc(=O)cc-4sc3c2)CC1.COCCN(C)c1ccc2nc3ccc(=O)cc-3sc2c1.O=c1ccc2nc3ccc(N4CCC4)cc3sc-2c1. The van der Waals surface area contributed by atoms with Gasteiger partial charge in [0.05, 0.1) is 69.0 Å². The molecule has 62 heavy (non-hydrogen) atoms. The molecule has 3 aromatic carbocycles. The average molecular weight is 880 g/mol. The zero-order valence-electron chi connectivity index (χ0n) is 34.7. The molecule has 3 aliphatic carbocycles. The Labute approximate surface area is 370 Å². The van der Waals surface area contributed by atoms with Crippen LogP contribution in [0.5, 0.6) is 0 Å². The molecule has 0 saturated carbocycles. The number of nitrogens with zero attached hydrogens (tertiary/aromatic N) is 7. The first-order valence-electron chi connectivity index (χ1n) is 20.6. The molecule has 0 unspecified atom stereocenters. The van der Waals surface area contributed by atoms with Crippen molar-refractivity contribution in [1.29, 1.82) is 0 Å². The highest BCUT2D eigenvalue weighted by atomic mass is 32.1. The van der Waals surface area contributed by atoms with Gasteiger partial charge in [0.15, 0.2) is 16.3 Å². The number of aromatic nitrogens is 3. The molecule has 2 saturated heterocycles. The third-order valence-electron chi connectivity index (χ3n) is 11.2. The Morgan fingerprint density at radius 3 is 1.42 bits per heavy atom. The van der Waals surface area contributed by atoms with Gasteiger partial charge in [0.1, 0.15) is 0 Å². The fraction of sp³-hybridized carbons (Fsp3) is 0.250. The lowest BCUT2D eigenvalue weighted by Crippen LogP contribution is -2.44. The molecule has 3 aromatic rings. The molecule has 0 atom stereocenters. The number of likely N-dealkylation sites (N-methyl/N-ethyl adjacent to an activating group) is 2. The van der Waals surface area contributed by atoms with Crippen LogP contribution < -0.4 is 31.0 Å². The minimum Gasteiger partial charge on any atom is -0.383 e. The second-order valence-corrected chi connectivity index (χ2v) is 18.8. The van der Waals surface area contributed by atoms with Crippen molar-refractivity contribution in [2.24, 2.45) is 0 Å².